The Morgan fingerprint density at radius 2 is 2.07 bits per heavy atom. The van der Waals surface area contributed by atoms with Crippen LogP contribution >= 0.6 is 0 Å². The summed E-state index contributed by atoms with van der Waals surface area (Å²) in [7, 11) is 0. The van der Waals surface area contributed by atoms with Crippen molar-refractivity contribution < 1.29 is 9.53 Å². The Bertz CT molecular complexity index is 228. The number of hydrogen-bond acceptors (Lipinski definition) is 3. The van der Waals surface area contributed by atoms with E-state index in [1.807, 2.05) is 0 Å². The van der Waals surface area contributed by atoms with E-state index >= 15 is 0 Å². The van der Waals surface area contributed by atoms with Gasteiger partial charge in [0.25, 0.3) is 0 Å². The Balaban J connectivity index is 1.76. The van der Waals surface area contributed by atoms with Crippen LogP contribution in [0.5, 0.6) is 0 Å². The summed E-state index contributed by atoms with van der Waals surface area (Å²) in [5.41, 5.74) is 5.61. The third-order valence-electron chi connectivity index (χ3n) is 3.77. The molecule has 1 unspecified atom stereocenters. The van der Waals surface area contributed by atoms with E-state index < -0.39 is 5.54 Å². The van der Waals surface area contributed by atoms with Crippen LogP contribution < -0.4 is 5.73 Å². The molecule has 3 heteroatoms. The van der Waals surface area contributed by atoms with E-state index in [1.54, 1.807) is 0 Å². The molecule has 1 aliphatic carbocycles. The van der Waals surface area contributed by atoms with Gasteiger partial charge in [-0.2, -0.15) is 0 Å². The van der Waals surface area contributed by atoms with Crippen LogP contribution in [-0.4, -0.2) is 24.0 Å². The fourth-order valence-electron chi connectivity index (χ4n) is 2.70. The minimum absolute atomic E-state index is 0.260. The fourth-order valence-corrected chi connectivity index (χ4v) is 2.70. The molecule has 1 atom stereocenters. The van der Waals surface area contributed by atoms with Gasteiger partial charge in [-0.15, -0.1) is 0 Å². The van der Waals surface area contributed by atoms with E-state index in [0.29, 0.717) is 12.5 Å². The number of hydrogen-bond donors (Lipinski definition) is 1. The smallest absolute Gasteiger partial charge is 0.152 e. The van der Waals surface area contributed by atoms with Crippen molar-refractivity contribution in [2.45, 2.75) is 63.0 Å². The normalized spacial score (nSPS) is 29.5. The van der Waals surface area contributed by atoms with Gasteiger partial charge in [-0.3, -0.25) is 4.79 Å². The minimum atomic E-state index is -0.487. The zero-order valence-electron chi connectivity index (χ0n) is 9.34. The molecule has 0 amide bonds. The molecule has 0 aromatic heterocycles. The number of Topliss-reactive ketones (excluding diaryl/α,β-unsaturated/α-hetero) is 1. The van der Waals surface area contributed by atoms with Crippen molar-refractivity contribution in [1.29, 1.82) is 0 Å². The molecular formula is C12H21NO2. The van der Waals surface area contributed by atoms with Crippen molar-refractivity contribution in [1.82, 2.24) is 0 Å². The van der Waals surface area contributed by atoms with Crippen LogP contribution in [-0.2, 0) is 9.53 Å². The lowest BCUT2D eigenvalue weighted by Gasteiger charge is -2.22. The van der Waals surface area contributed by atoms with Gasteiger partial charge in [-0.1, -0.05) is 12.8 Å². The zero-order chi connectivity index (χ0) is 10.7. The predicted octanol–water partition coefficient (Wildman–Crippen LogP) is 1.79. The summed E-state index contributed by atoms with van der Waals surface area (Å²) in [6.07, 6.45) is 8.06. The van der Waals surface area contributed by atoms with Gasteiger partial charge in [0.05, 0.1) is 11.6 Å². The molecule has 2 rings (SSSR count). The number of nitrogens with two attached hydrogens (primary N) is 1. The minimum Gasteiger partial charge on any atom is -0.378 e. The van der Waals surface area contributed by atoms with Crippen LogP contribution in [0.25, 0.3) is 0 Å². The summed E-state index contributed by atoms with van der Waals surface area (Å²) < 4.78 is 5.51. The first-order valence-electron chi connectivity index (χ1n) is 6.14. The summed E-state index contributed by atoms with van der Waals surface area (Å²) in [6.45, 7) is 0.868. The molecule has 0 aromatic rings. The Morgan fingerprint density at radius 3 is 2.67 bits per heavy atom. The van der Waals surface area contributed by atoms with Gasteiger partial charge in [-0.25, -0.2) is 0 Å². The molecule has 1 saturated heterocycles. The molecule has 86 valence electrons. The monoisotopic (exact) mass is 211 g/mol. The third kappa shape index (κ3) is 2.58. The van der Waals surface area contributed by atoms with E-state index in [9.17, 15) is 4.79 Å². The van der Waals surface area contributed by atoms with Gasteiger partial charge >= 0.3 is 0 Å². The van der Waals surface area contributed by atoms with Crippen LogP contribution in [0, 0.1) is 0 Å². The maximum absolute atomic E-state index is 11.9. The number of ether oxygens (including phenoxy) is 1. The van der Waals surface area contributed by atoms with Crippen molar-refractivity contribution in [3.63, 3.8) is 0 Å². The number of ketones is 1. The van der Waals surface area contributed by atoms with Gasteiger partial charge in [0.1, 0.15) is 0 Å². The van der Waals surface area contributed by atoms with Crippen LogP contribution in [0.3, 0.4) is 0 Å². The van der Waals surface area contributed by atoms with Crippen molar-refractivity contribution in [3.05, 3.63) is 0 Å². The van der Waals surface area contributed by atoms with Gasteiger partial charge in [0, 0.05) is 13.0 Å². The summed E-state index contributed by atoms with van der Waals surface area (Å²) >= 11 is 0. The summed E-state index contributed by atoms with van der Waals surface area (Å²) in [5, 5.41) is 0. The fraction of sp³-hybridized carbons (Fsp3) is 0.917. The highest BCUT2D eigenvalue weighted by Gasteiger charge is 2.36. The molecule has 0 spiro atoms. The van der Waals surface area contributed by atoms with Gasteiger partial charge in [0.2, 0.25) is 0 Å². The molecule has 2 aliphatic rings. The molecule has 1 saturated carbocycles. The molecule has 15 heavy (non-hydrogen) atoms. The average Bonchev–Trinajstić information content (AvgIpc) is 2.85. The van der Waals surface area contributed by atoms with E-state index in [4.69, 9.17) is 10.5 Å². The molecule has 0 radical (unpaired) electrons. The summed E-state index contributed by atoms with van der Waals surface area (Å²) in [6, 6.07) is 0. The SMILES string of the molecule is NC1(C(=O)CCC2CCCO2)CCCC1. The van der Waals surface area contributed by atoms with Crippen molar-refractivity contribution in [2.24, 2.45) is 5.73 Å². The highest BCUT2D eigenvalue weighted by atomic mass is 16.5. The lowest BCUT2D eigenvalue weighted by molar-refractivity contribution is -0.124. The molecule has 1 aliphatic heterocycles. The molecule has 3 nitrogen and oxygen atoms in total. The number of rotatable bonds is 4. The lowest BCUT2D eigenvalue weighted by atomic mass is 9.89. The van der Waals surface area contributed by atoms with E-state index in [2.05, 4.69) is 0 Å². The van der Waals surface area contributed by atoms with Gasteiger partial charge in [0.15, 0.2) is 5.78 Å². The highest BCUT2D eigenvalue weighted by Crippen LogP contribution is 2.30. The van der Waals surface area contributed by atoms with E-state index in [0.717, 1.165) is 51.6 Å². The van der Waals surface area contributed by atoms with Gasteiger partial charge in [-0.05, 0) is 32.1 Å². The van der Waals surface area contributed by atoms with Crippen LogP contribution in [0.4, 0.5) is 0 Å². The molecule has 0 aromatic carbocycles. The average molecular weight is 211 g/mol. The molecule has 2 fully saturated rings. The number of carbonyl (C=O) groups excluding carboxylic acids is 1. The van der Waals surface area contributed by atoms with Crippen molar-refractivity contribution >= 4 is 5.78 Å². The zero-order valence-corrected chi connectivity index (χ0v) is 9.34. The Hall–Kier alpha value is -0.410. The maximum Gasteiger partial charge on any atom is 0.152 e. The number of carbonyl (C=O) groups is 1. The Morgan fingerprint density at radius 1 is 1.33 bits per heavy atom. The second-order valence-electron chi connectivity index (χ2n) is 4.96. The second-order valence-corrected chi connectivity index (χ2v) is 4.96. The molecule has 2 N–H and O–H groups in total. The van der Waals surface area contributed by atoms with Crippen molar-refractivity contribution in [3.8, 4) is 0 Å². The summed E-state index contributed by atoms with van der Waals surface area (Å²) in [5.74, 6) is 0.260. The Labute approximate surface area is 91.4 Å². The second kappa shape index (κ2) is 4.62. The summed E-state index contributed by atoms with van der Waals surface area (Å²) in [4.78, 5) is 11.9. The predicted molar refractivity (Wildman–Crippen MR) is 58.6 cm³/mol. The maximum atomic E-state index is 11.9. The van der Waals surface area contributed by atoms with Gasteiger partial charge < -0.3 is 10.5 Å². The van der Waals surface area contributed by atoms with Crippen LogP contribution in [0.1, 0.15) is 51.4 Å². The molecule has 1 heterocycles. The molecular weight excluding hydrogens is 190 g/mol. The standard InChI is InChI=1S/C12H21NO2/c13-12(7-1-2-8-12)11(14)6-5-10-4-3-9-15-10/h10H,1-9,13H2. The third-order valence-corrected chi connectivity index (χ3v) is 3.77. The first-order valence-corrected chi connectivity index (χ1v) is 6.14. The highest BCUT2D eigenvalue weighted by molar-refractivity contribution is 5.88. The largest absolute Gasteiger partial charge is 0.378 e. The quantitative estimate of drug-likeness (QED) is 0.771. The van der Waals surface area contributed by atoms with Crippen LogP contribution in [0.2, 0.25) is 0 Å². The van der Waals surface area contributed by atoms with Crippen LogP contribution in [0.15, 0.2) is 0 Å². The van der Waals surface area contributed by atoms with E-state index in [-0.39, 0.29) is 5.78 Å². The Kier molecular flexibility index (Phi) is 3.42. The van der Waals surface area contributed by atoms with E-state index in [1.165, 1.54) is 0 Å². The van der Waals surface area contributed by atoms with Crippen molar-refractivity contribution in [2.75, 3.05) is 6.61 Å². The molecule has 0 bridgehead atoms. The topological polar surface area (TPSA) is 52.3 Å². The first-order chi connectivity index (χ1) is 7.21. The first kappa shape index (κ1) is 11.1. The lowest BCUT2D eigenvalue weighted by Crippen LogP contribution is -2.45.